The van der Waals surface area contributed by atoms with Crippen molar-refractivity contribution in [2.75, 3.05) is 0 Å². The summed E-state index contributed by atoms with van der Waals surface area (Å²) in [5.74, 6) is 0. The van der Waals surface area contributed by atoms with Gasteiger partial charge in [-0.3, -0.25) is 0 Å². The number of hydrogen-bond acceptors (Lipinski definition) is 2. The van der Waals surface area contributed by atoms with Crippen LogP contribution in [0, 0.1) is 0 Å². The molecule has 18 heavy (non-hydrogen) atoms. The molecule has 0 bridgehead atoms. The van der Waals surface area contributed by atoms with Gasteiger partial charge >= 0.3 is 0 Å². The van der Waals surface area contributed by atoms with Crippen molar-refractivity contribution in [3.8, 4) is 0 Å². The van der Waals surface area contributed by atoms with E-state index in [9.17, 15) is 10.2 Å². The van der Waals surface area contributed by atoms with Crippen LogP contribution in [-0.2, 0) is 0 Å². The summed E-state index contributed by atoms with van der Waals surface area (Å²) in [5.41, 5.74) is 0. The molecule has 0 spiro atoms. The topological polar surface area (TPSA) is 40.5 Å². The molecule has 2 unspecified atom stereocenters. The van der Waals surface area contributed by atoms with Gasteiger partial charge in [0.2, 0.25) is 0 Å². The van der Waals surface area contributed by atoms with Crippen molar-refractivity contribution < 1.29 is 10.2 Å². The van der Waals surface area contributed by atoms with Crippen molar-refractivity contribution in [3.63, 3.8) is 0 Å². The first-order valence-electron chi connectivity index (χ1n) is 8.15. The SMILES string of the molecule is OC1CCCCCCCCC(O)CCCCCC1. The fraction of sp³-hybridized carbons (Fsp3) is 1.00. The van der Waals surface area contributed by atoms with Crippen LogP contribution in [0.2, 0.25) is 0 Å². The molecule has 0 amide bonds. The third-order valence-corrected chi connectivity index (χ3v) is 4.15. The van der Waals surface area contributed by atoms with E-state index in [4.69, 9.17) is 0 Å². The smallest absolute Gasteiger partial charge is 0.0540 e. The minimum atomic E-state index is -0.0662. The van der Waals surface area contributed by atoms with E-state index in [1.807, 2.05) is 0 Å². The zero-order chi connectivity index (χ0) is 13.1. The van der Waals surface area contributed by atoms with E-state index in [2.05, 4.69) is 0 Å². The molecule has 0 aromatic heterocycles. The standard InChI is InChI=1S/C16H32O2/c17-15-11-7-3-1-2-4-8-12-16(18)14-10-6-5-9-13-15/h15-18H,1-14H2. The largest absolute Gasteiger partial charge is 0.393 e. The van der Waals surface area contributed by atoms with Gasteiger partial charge in [0.15, 0.2) is 0 Å². The lowest BCUT2D eigenvalue weighted by molar-refractivity contribution is 0.140. The molecule has 2 N–H and O–H groups in total. The Bertz CT molecular complexity index is 162. The molecule has 0 saturated heterocycles. The predicted octanol–water partition coefficient (Wildman–Crippen LogP) is 4.18. The first-order valence-corrected chi connectivity index (χ1v) is 8.15. The maximum absolute atomic E-state index is 9.82. The molecule has 0 aliphatic heterocycles. The summed E-state index contributed by atoms with van der Waals surface area (Å²) in [4.78, 5) is 0. The second-order valence-electron chi connectivity index (χ2n) is 6.00. The van der Waals surface area contributed by atoms with Gasteiger partial charge in [-0.2, -0.15) is 0 Å². The highest BCUT2D eigenvalue weighted by Gasteiger charge is 2.06. The third-order valence-electron chi connectivity index (χ3n) is 4.15. The van der Waals surface area contributed by atoms with Gasteiger partial charge in [-0.05, 0) is 25.7 Å². The van der Waals surface area contributed by atoms with Crippen LogP contribution in [0.3, 0.4) is 0 Å². The van der Waals surface area contributed by atoms with E-state index in [-0.39, 0.29) is 12.2 Å². The Labute approximate surface area is 113 Å². The van der Waals surface area contributed by atoms with Gasteiger partial charge in [-0.1, -0.05) is 64.2 Å². The fourth-order valence-corrected chi connectivity index (χ4v) is 2.87. The summed E-state index contributed by atoms with van der Waals surface area (Å²) in [5, 5.41) is 19.6. The minimum absolute atomic E-state index is 0.0662. The third kappa shape index (κ3) is 8.93. The van der Waals surface area contributed by atoms with E-state index >= 15 is 0 Å². The zero-order valence-electron chi connectivity index (χ0n) is 11.9. The van der Waals surface area contributed by atoms with E-state index < -0.39 is 0 Å². The summed E-state index contributed by atoms with van der Waals surface area (Å²) in [6.07, 6.45) is 16.0. The molecule has 1 aliphatic rings. The van der Waals surface area contributed by atoms with E-state index in [1.54, 1.807) is 0 Å². The van der Waals surface area contributed by atoms with Crippen molar-refractivity contribution in [3.05, 3.63) is 0 Å². The molecule has 1 fully saturated rings. The van der Waals surface area contributed by atoms with Gasteiger partial charge in [-0.15, -0.1) is 0 Å². The summed E-state index contributed by atoms with van der Waals surface area (Å²) in [6, 6.07) is 0. The Morgan fingerprint density at radius 3 is 0.889 bits per heavy atom. The molecule has 2 atom stereocenters. The second-order valence-corrected chi connectivity index (χ2v) is 6.00. The van der Waals surface area contributed by atoms with Crippen LogP contribution in [-0.4, -0.2) is 22.4 Å². The Kier molecular flexibility index (Phi) is 9.59. The van der Waals surface area contributed by atoms with Crippen LogP contribution in [0.5, 0.6) is 0 Å². The van der Waals surface area contributed by atoms with E-state index in [1.165, 1.54) is 51.4 Å². The van der Waals surface area contributed by atoms with Gasteiger partial charge in [0.25, 0.3) is 0 Å². The fourth-order valence-electron chi connectivity index (χ4n) is 2.87. The van der Waals surface area contributed by atoms with Gasteiger partial charge < -0.3 is 10.2 Å². The Balaban J connectivity index is 2.17. The monoisotopic (exact) mass is 256 g/mol. The second kappa shape index (κ2) is 10.8. The van der Waals surface area contributed by atoms with Crippen LogP contribution < -0.4 is 0 Å². The molecule has 0 aromatic rings. The van der Waals surface area contributed by atoms with E-state index in [0.717, 1.165) is 38.5 Å². The Morgan fingerprint density at radius 2 is 0.611 bits per heavy atom. The first kappa shape index (κ1) is 16.0. The van der Waals surface area contributed by atoms with E-state index in [0.29, 0.717) is 0 Å². The maximum Gasteiger partial charge on any atom is 0.0540 e. The molecule has 0 radical (unpaired) electrons. The molecule has 2 heteroatoms. The molecular formula is C16H32O2. The summed E-state index contributed by atoms with van der Waals surface area (Å²) in [7, 11) is 0. The van der Waals surface area contributed by atoms with Crippen molar-refractivity contribution in [1.82, 2.24) is 0 Å². The highest BCUT2D eigenvalue weighted by molar-refractivity contribution is 4.60. The van der Waals surface area contributed by atoms with Crippen molar-refractivity contribution in [2.24, 2.45) is 0 Å². The molecule has 108 valence electrons. The molecule has 0 aromatic carbocycles. The van der Waals surface area contributed by atoms with Crippen LogP contribution in [0.4, 0.5) is 0 Å². The lowest BCUT2D eigenvalue weighted by Crippen LogP contribution is -2.07. The highest BCUT2D eigenvalue weighted by atomic mass is 16.3. The quantitative estimate of drug-likeness (QED) is 0.682. The first-order chi connectivity index (χ1) is 8.79. The number of hydrogen-bond donors (Lipinski definition) is 2. The zero-order valence-corrected chi connectivity index (χ0v) is 11.9. The number of aliphatic hydroxyl groups excluding tert-OH is 2. The average Bonchev–Trinajstić information content (AvgIpc) is 2.35. The van der Waals surface area contributed by atoms with Gasteiger partial charge in [0, 0.05) is 0 Å². The molecule has 1 saturated carbocycles. The number of rotatable bonds is 0. The minimum Gasteiger partial charge on any atom is -0.393 e. The normalized spacial score (nSPS) is 31.0. The number of aliphatic hydroxyl groups is 2. The molecular weight excluding hydrogens is 224 g/mol. The predicted molar refractivity (Wildman–Crippen MR) is 76.7 cm³/mol. The molecule has 1 aliphatic carbocycles. The van der Waals surface area contributed by atoms with Crippen LogP contribution in [0.25, 0.3) is 0 Å². The average molecular weight is 256 g/mol. The highest BCUT2D eigenvalue weighted by Crippen LogP contribution is 2.17. The molecule has 0 heterocycles. The van der Waals surface area contributed by atoms with Crippen LogP contribution >= 0.6 is 0 Å². The molecule has 1 rings (SSSR count). The molecule has 2 nitrogen and oxygen atoms in total. The van der Waals surface area contributed by atoms with Crippen molar-refractivity contribution in [1.29, 1.82) is 0 Å². The van der Waals surface area contributed by atoms with Crippen LogP contribution in [0.15, 0.2) is 0 Å². The summed E-state index contributed by atoms with van der Waals surface area (Å²) < 4.78 is 0. The Morgan fingerprint density at radius 1 is 0.389 bits per heavy atom. The van der Waals surface area contributed by atoms with Gasteiger partial charge in [0.1, 0.15) is 0 Å². The summed E-state index contributed by atoms with van der Waals surface area (Å²) >= 11 is 0. The van der Waals surface area contributed by atoms with Crippen molar-refractivity contribution >= 4 is 0 Å². The van der Waals surface area contributed by atoms with Gasteiger partial charge in [-0.25, -0.2) is 0 Å². The lowest BCUT2D eigenvalue weighted by Gasteiger charge is -2.13. The van der Waals surface area contributed by atoms with Crippen molar-refractivity contribution in [2.45, 2.75) is 102 Å². The lowest BCUT2D eigenvalue weighted by atomic mass is 9.99. The Hall–Kier alpha value is -0.0800. The van der Waals surface area contributed by atoms with Crippen LogP contribution in [0.1, 0.15) is 89.9 Å². The maximum atomic E-state index is 9.82. The van der Waals surface area contributed by atoms with Gasteiger partial charge in [0.05, 0.1) is 12.2 Å². The summed E-state index contributed by atoms with van der Waals surface area (Å²) in [6.45, 7) is 0.